The molecule has 0 heterocycles. The van der Waals surface area contributed by atoms with E-state index in [0.717, 1.165) is 18.3 Å². The van der Waals surface area contributed by atoms with E-state index < -0.39 is 0 Å². The molecule has 0 atom stereocenters. The minimum absolute atomic E-state index is 0.806. The van der Waals surface area contributed by atoms with Gasteiger partial charge in [0.25, 0.3) is 0 Å². The lowest BCUT2D eigenvalue weighted by atomic mass is 9.97. The fourth-order valence-electron chi connectivity index (χ4n) is 2.05. The van der Waals surface area contributed by atoms with Gasteiger partial charge in [-0.25, -0.2) is 0 Å². The summed E-state index contributed by atoms with van der Waals surface area (Å²) >= 11 is 4.22. The van der Waals surface area contributed by atoms with E-state index in [2.05, 4.69) is 17.9 Å². The van der Waals surface area contributed by atoms with Crippen LogP contribution in [0.25, 0.3) is 0 Å². The van der Waals surface area contributed by atoms with Crippen molar-refractivity contribution in [2.24, 2.45) is 0 Å². The monoisotopic (exact) mass is 201 g/mol. The zero-order chi connectivity index (χ0) is 9.36. The molecule has 0 unspecified atom stereocenters. The molecule has 0 bridgehead atoms. The summed E-state index contributed by atoms with van der Waals surface area (Å²) in [5, 5.41) is 3.64. The van der Waals surface area contributed by atoms with Crippen LogP contribution >= 0.6 is 12.6 Å². The third-order valence-electron chi connectivity index (χ3n) is 2.87. The molecule has 0 aromatic heterocycles. The second-order valence-corrected chi connectivity index (χ2v) is 4.52. The average molecular weight is 201 g/mol. The molecule has 0 aliphatic heterocycles. The van der Waals surface area contributed by atoms with E-state index in [1.54, 1.807) is 0 Å². The second-order valence-electron chi connectivity index (χ2n) is 4.07. The largest absolute Gasteiger partial charge is 0.314 e. The average Bonchev–Trinajstić information content (AvgIpc) is 2.08. The Kier molecular flexibility index (Phi) is 6.73. The standard InChI is InChI=1S/C11H23NS/c13-10-6-9-12-11-7-4-2-1-3-5-8-11/h11-13H,1-10H2. The van der Waals surface area contributed by atoms with Crippen molar-refractivity contribution in [1.29, 1.82) is 0 Å². The Morgan fingerprint density at radius 1 is 1.00 bits per heavy atom. The minimum atomic E-state index is 0.806. The summed E-state index contributed by atoms with van der Waals surface area (Å²) in [6, 6.07) is 0.806. The van der Waals surface area contributed by atoms with E-state index in [9.17, 15) is 0 Å². The normalized spacial score (nSPS) is 21.0. The molecule has 0 radical (unpaired) electrons. The molecule has 2 heteroatoms. The summed E-state index contributed by atoms with van der Waals surface area (Å²) in [5.74, 6) is 1.01. The first-order chi connectivity index (χ1) is 6.43. The fraction of sp³-hybridized carbons (Fsp3) is 1.00. The fourth-order valence-corrected chi connectivity index (χ4v) is 2.20. The molecule has 1 fully saturated rings. The lowest BCUT2D eigenvalue weighted by Crippen LogP contribution is -2.30. The molecule has 1 N–H and O–H groups in total. The van der Waals surface area contributed by atoms with Crippen LogP contribution in [0.4, 0.5) is 0 Å². The van der Waals surface area contributed by atoms with Gasteiger partial charge in [0.15, 0.2) is 0 Å². The first kappa shape index (κ1) is 11.4. The Balaban J connectivity index is 2.06. The van der Waals surface area contributed by atoms with Gasteiger partial charge in [-0.15, -0.1) is 0 Å². The van der Waals surface area contributed by atoms with Gasteiger partial charge >= 0.3 is 0 Å². The lowest BCUT2D eigenvalue weighted by molar-refractivity contribution is 0.391. The molecule has 1 nitrogen and oxygen atoms in total. The van der Waals surface area contributed by atoms with Gasteiger partial charge in [0.05, 0.1) is 0 Å². The summed E-state index contributed by atoms with van der Waals surface area (Å²) < 4.78 is 0. The lowest BCUT2D eigenvalue weighted by Gasteiger charge is -2.20. The van der Waals surface area contributed by atoms with Gasteiger partial charge in [0, 0.05) is 6.04 Å². The summed E-state index contributed by atoms with van der Waals surface area (Å²) in [6.45, 7) is 1.16. The number of rotatable bonds is 4. The van der Waals surface area contributed by atoms with Gasteiger partial charge in [-0.2, -0.15) is 12.6 Å². The quantitative estimate of drug-likeness (QED) is 0.526. The van der Waals surface area contributed by atoms with Crippen LogP contribution in [0.5, 0.6) is 0 Å². The number of hydrogen-bond acceptors (Lipinski definition) is 2. The van der Waals surface area contributed by atoms with Crippen molar-refractivity contribution in [2.45, 2.75) is 57.4 Å². The van der Waals surface area contributed by atoms with Crippen molar-refractivity contribution in [2.75, 3.05) is 12.3 Å². The van der Waals surface area contributed by atoms with Gasteiger partial charge in [-0.3, -0.25) is 0 Å². The summed E-state index contributed by atoms with van der Waals surface area (Å²) in [7, 11) is 0. The van der Waals surface area contributed by atoms with E-state index in [4.69, 9.17) is 0 Å². The van der Waals surface area contributed by atoms with Crippen molar-refractivity contribution >= 4 is 12.6 Å². The van der Waals surface area contributed by atoms with Crippen molar-refractivity contribution in [1.82, 2.24) is 5.32 Å². The number of hydrogen-bond donors (Lipinski definition) is 2. The third kappa shape index (κ3) is 5.58. The van der Waals surface area contributed by atoms with Crippen LogP contribution in [0.3, 0.4) is 0 Å². The predicted molar refractivity (Wildman–Crippen MR) is 62.6 cm³/mol. The first-order valence-corrected chi connectivity index (χ1v) is 6.41. The Bertz CT molecular complexity index is 109. The van der Waals surface area contributed by atoms with Gasteiger partial charge in [-0.1, -0.05) is 32.1 Å². The molecule has 0 amide bonds. The molecule has 1 aliphatic rings. The van der Waals surface area contributed by atoms with Crippen LogP contribution in [-0.2, 0) is 0 Å². The number of nitrogens with one attached hydrogen (secondary N) is 1. The Hall–Kier alpha value is 0.310. The van der Waals surface area contributed by atoms with Crippen LogP contribution in [0, 0.1) is 0 Å². The predicted octanol–water partition coefficient (Wildman–Crippen LogP) is 3.01. The molecule has 0 aromatic carbocycles. The molecule has 1 aliphatic carbocycles. The smallest absolute Gasteiger partial charge is 0.00670 e. The maximum absolute atomic E-state index is 4.22. The highest BCUT2D eigenvalue weighted by atomic mass is 32.1. The van der Waals surface area contributed by atoms with E-state index in [1.807, 2.05) is 0 Å². The van der Waals surface area contributed by atoms with Crippen LogP contribution in [0.15, 0.2) is 0 Å². The van der Waals surface area contributed by atoms with Gasteiger partial charge < -0.3 is 5.32 Å². The van der Waals surface area contributed by atoms with Gasteiger partial charge in [-0.05, 0) is 31.6 Å². The molecule has 0 saturated heterocycles. The zero-order valence-electron chi connectivity index (χ0n) is 8.60. The first-order valence-electron chi connectivity index (χ1n) is 5.77. The van der Waals surface area contributed by atoms with Crippen molar-refractivity contribution in [3.8, 4) is 0 Å². The van der Waals surface area contributed by atoms with Gasteiger partial charge in [0.1, 0.15) is 0 Å². The summed E-state index contributed by atoms with van der Waals surface area (Å²) in [4.78, 5) is 0. The maximum atomic E-state index is 4.22. The van der Waals surface area contributed by atoms with Crippen molar-refractivity contribution < 1.29 is 0 Å². The topological polar surface area (TPSA) is 12.0 Å². The van der Waals surface area contributed by atoms with E-state index >= 15 is 0 Å². The van der Waals surface area contributed by atoms with E-state index in [0.29, 0.717) is 0 Å². The van der Waals surface area contributed by atoms with E-state index in [1.165, 1.54) is 51.4 Å². The van der Waals surface area contributed by atoms with Crippen LogP contribution < -0.4 is 5.32 Å². The SMILES string of the molecule is SCCCNC1CCCCCCC1. The zero-order valence-corrected chi connectivity index (χ0v) is 9.49. The Labute approximate surface area is 88.1 Å². The molecule has 13 heavy (non-hydrogen) atoms. The summed E-state index contributed by atoms with van der Waals surface area (Å²) in [6.07, 6.45) is 11.2. The Morgan fingerprint density at radius 3 is 2.23 bits per heavy atom. The van der Waals surface area contributed by atoms with Crippen molar-refractivity contribution in [3.63, 3.8) is 0 Å². The molecule has 0 aromatic rings. The third-order valence-corrected chi connectivity index (χ3v) is 3.19. The van der Waals surface area contributed by atoms with Crippen molar-refractivity contribution in [3.05, 3.63) is 0 Å². The maximum Gasteiger partial charge on any atom is 0.00670 e. The van der Waals surface area contributed by atoms with Crippen LogP contribution in [0.1, 0.15) is 51.4 Å². The van der Waals surface area contributed by atoms with Crippen LogP contribution in [-0.4, -0.2) is 18.3 Å². The molecule has 0 spiro atoms. The molecular weight excluding hydrogens is 178 g/mol. The summed E-state index contributed by atoms with van der Waals surface area (Å²) in [5.41, 5.74) is 0. The molecule has 1 saturated carbocycles. The highest BCUT2D eigenvalue weighted by Crippen LogP contribution is 2.16. The Morgan fingerprint density at radius 2 is 1.62 bits per heavy atom. The van der Waals surface area contributed by atoms with Gasteiger partial charge in [0.2, 0.25) is 0 Å². The molecule has 78 valence electrons. The minimum Gasteiger partial charge on any atom is -0.314 e. The highest BCUT2D eigenvalue weighted by molar-refractivity contribution is 7.80. The second kappa shape index (κ2) is 7.69. The molecule has 1 rings (SSSR count). The van der Waals surface area contributed by atoms with E-state index in [-0.39, 0.29) is 0 Å². The molecular formula is C11H23NS. The highest BCUT2D eigenvalue weighted by Gasteiger charge is 2.09. The van der Waals surface area contributed by atoms with Crippen LogP contribution in [0.2, 0.25) is 0 Å². The number of thiol groups is 1.